The summed E-state index contributed by atoms with van der Waals surface area (Å²) in [5, 5.41) is 9.53. The first kappa shape index (κ1) is 20.3. The number of hydrogen-bond donors (Lipinski definition) is 1. The first-order valence-corrected chi connectivity index (χ1v) is 9.28. The molecule has 2 rings (SSSR count). The lowest BCUT2D eigenvalue weighted by atomic mass is 10.0. The van der Waals surface area contributed by atoms with E-state index in [1.807, 2.05) is 56.3 Å². The molecule has 0 saturated heterocycles. The molecule has 0 spiro atoms. The maximum atomic E-state index is 12.5. The number of phenolic OH excluding ortho intramolecular Hbond substituents is 1. The van der Waals surface area contributed by atoms with Crippen LogP contribution in [0.4, 0.5) is 0 Å². The van der Waals surface area contributed by atoms with Gasteiger partial charge in [-0.2, -0.15) is 0 Å². The molecule has 0 heterocycles. The summed E-state index contributed by atoms with van der Waals surface area (Å²) in [6.45, 7) is 10.5. The Bertz CT molecular complexity index is 613. The topological polar surface area (TPSA) is 37.3 Å². The van der Waals surface area contributed by atoms with Gasteiger partial charge in [0.1, 0.15) is 5.75 Å². The first-order chi connectivity index (χ1) is 11.3. The number of rotatable bonds is 5. The smallest absolute Gasteiger partial charge is 0.164 e. The van der Waals surface area contributed by atoms with E-state index in [0.29, 0.717) is 6.42 Å². The normalized spacial score (nSPS) is 12.0. The van der Waals surface area contributed by atoms with Crippen molar-refractivity contribution in [1.29, 1.82) is 0 Å². The van der Waals surface area contributed by atoms with Crippen molar-refractivity contribution < 1.29 is 9.90 Å². The van der Waals surface area contributed by atoms with E-state index in [9.17, 15) is 9.90 Å². The molecule has 3 heteroatoms. The predicted octanol–water partition coefficient (Wildman–Crippen LogP) is 6.26. The lowest BCUT2D eigenvalue weighted by Gasteiger charge is -2.26. The highest BCUT2D eigenvalue weighted by molar-refractivity contribution is 8.00. The zero-order valence-electron chi connectivity index (χ0n) is 15.2. The van der Waals surface area contributed by atoms with Crippen LogP contribution in [0.2, 0.25) is 0 Å². The number of hydrogen-bond acceptors (Lipinski definition) is 3. The average Bonchev–Trinajstić information content (AvgIpc) is 2.56. The fraction of sp³-hybridized carbons (Fsp3) is 0.381. The Hall–Kier alpha value is -1.74. The van der Waals surface area contributed by atoms with Crippen LogP contribution in [0.5, 0.6) is 5.75 Å². The third-order valence-corrected chi connectivity index (χ3v) is 4.66. The second-order valence-electron chi connectivity index (χ2n) is 6.30. The number of carbonyl (C=O) groups is 1. The van der Waals surface area contributed by atoms with Crippen molar-refractivity contribution in [2.24, 2.45) is 0 Å². The Balaban J connectivity index is 0.00000139. The van der Waals surface area contributed by atoms with Crippen molar-refractivity contribution in [3.8, 4) is 5.75 Å². The molecule has 0 amide bonds. The number of thioether (sulfide) groups is 1. The maximum absolute atomic E-state index is 12.5. The van der Waals surface area contributed by atoms with Gasteiger partial charge in [-0.15, -0.1) is 11.8 Å². The second kappa shape index (κ2) is 9.53. The van der Waals surface area contributed by atoms with Gasteiger partial charge in [-0.25, -0.2) is 0 Å². The zero-order valence-corrected chi connectivity index (χ0v) is 16.1. The monoisotopic (exact) mass is 344 g/mol. The number of ketones is 1. The molecule has 2 nitrogen and oxygen atoms in total. The fourth-order valence-corrected chi connectivity index (χ4v) is 3.64. The average molecular weight is 345 g/mol. The molecule has 0 aromatic heterocycles. The molecule has 0 aliphatic heterocycles. The second-order valence-corrected chi connectivity index (χ2v) is 8.33. The highest BCUT2D eigenvalue weighted by Crippen LogP contribution is 2.41. The summed E-state index contributed by atoms with van der Waals surface area (Å²) in [6, 6.07) is 16.6. The number of phenols is 1. The molecule has 24 heavy (non-hydrogen) atoms. The molecule has 0 aliphatic rings. The van der Waals surface area contributed by atoms with E-state index < -0.39 is 0 Å². The largest absolute Gasteiger partial charge is 0.508 e. The lowest BCUT2D eigenvalue weighted by Crippen LogP contribution is -2.14. The van der Waals surface area contributed by atoms with Gasteiger partial charge in [-0.3, -0.25) is 4.79 Å². The highest BCUT2D eigenvalue weighted by Gasteiger charge is 2.23. The SMILES string of the molecule is CC.CC(C)(C)SC(CC(=O)c1ccccc1)c1ccc(O)cc1. The standard InChI is InChI=1S/C19H22O2S.C2H6/c1-19(2,3)22-18(15-9-11-16(20)12-10-15)13-17(21)14-7-5-4-6-8-14;1-2/h4-12,18,20H,13H2,1-3H3;1-2H3. The number of carbonyl (C=O) groups excluding carboxylic acids is 1. The van der Waals surface area contributed by atoms with Crippen LogP contribution in [-0.2, 0) is 0 Å². The van der Waals surface area contributed by atoms with Crippen molar-refractivity contribution in [3.63, 3.8) is 0 Å². The van der Waals surface area contributed by atoms with E-state index in [4.69, 9.17) is 0 Å². The summed E-state index contributed by atoms with van der Waals surface area (Å²) in [5.41, 5.74) is 1.82. The van der Waals surface area contributed by atoms with Gasteiger partial charge in [-0.1, -0.05) is 77.1 Å². The van der Waals surface area contributed by atoms with Gasteiger partial charge in [0.2, 0.25) is 0 Å². The summed E-state index contributed by atoms with van der Waals surface area (Å²) in [5.74, 6) is 0.396. The highest BCUT2D eigenvalue weighted by atomic mass is 32.2. The van der Waals surface area contributed by atoms with Crippen LogP contribution in [0, 0.1) is 0 Å². The quantitative estimate of drug-likeness (QED) is 0.650. The third-order valence-electron chi connectivity index (χ3n) is 3.23. The van der Waals surface area contributed by atoms with Crippen LogP contribution in [-0.4, -0.2) is 15.6 Å². The number of aromatic hydroxyl groups is 1. The van der Waals surface area contributed by atoms with Crippen LogP contribution in [0.25, 0.3) is 0 Å². The molecule has 2 aromatic carbocycles. The van der Waals surface area contributed by atoms with Crippen LogP contribution in [0.1, 0.15) is 62.2 Å². The Morgan fingerprint density at radius 3 is 2.04 bits per heavy atom. The molecule has 130 valence electrons. The van der Waals surface area contributed by atoms with Crippen LogP contribution in [0.15, 0.2) is 54.6 Å². The zero-order chi connectivity index (χ0) is 18.2. The van der Waals surface area contributed by atoms with Crippen molar-refractivity contribution in [2.75, 3.05) is 0 Å². The van der Waals surface area contributed by atoms with Crippen molar-refractivity contribution >= 4 is 17.5 Å². The minimum atomic E-state index is 0.0551. The predicted molar refractivity (Wildman–Crippen MR) is 105 cm³/mol. The van der Waals surface area contributed by atoms with E-state index in [2.05, 4.69) is 20.8 Å². The van der Waals surface area contributed by atoms with Crippen molar-refractivity contribution in [1.82, 2.24) is 0 Å². The van der Waals surface area contributed by atoms with Crippen molar-refractivity contribution in [3.05, 3.63) is 65.7 Å². The Morgan fingerprint density at radius 1 is 1.00 bits per heavy atom. The lowest BCUT2D eigenvalue weighted by molar-refractivity contribution is 0.0982. The minimum absolute atomic E-state index is 0.0551. The van der Waals surface area contributed by atoms with E-state index in [-0.39, 0.29) is 21.5 Å². The maximum Gasteiger partial charge on any atom is 0.164 e. The van der Waals surface area contributed by atoms with Crippen LogP contribution < -0.4 is 0 Å². The Morgan fingerprint density at radius 2 is 1.54 bits per heavy atom. The molecule has 0 fully saturated rings. The van der Waals surface area contributed by atoms with Crippen LogP contribution in [0.3, 0.4) is 0 Å². The summed E-state index contributed by atoms with van der Waals surface area (Å²) >= 11 is 1.78. The van der Waals surface area contributed by atoms with Gasteiger partial charge in [0.15, 0.2) is 5.78 Å². The van der Waals surface area contributed by atoms with E-state index >= 15 is 0 Å². The number of Topliss-reactive ketones (excluding diaryl/α,β-unsaturated/α-hetero) is 1. The first-order valence-electron chi connectivity index (χ1n) is 8.40. The molecule has 0 aliphatic carbocycles. The molecular weight excluding hydrogens is 316 g/mol. The van der Waals surface area contributed by atoms with Gasteiger partial charge in [-0.05, 0) is 17.7 Å². The molecule has 1 N–H and O–H groups in total. The molecule has 1 unspecified atom stereocenters. The van der Waals surface area contributed by atoms with Crippen LogP contribution >= 0.6 is 11.8 Å². The molecule has 0 radical (unpaired) electrons. The molecular formula is C21H28O2S. The Kier molecular flexibility index (Phi) is 8.06. The van der Waals surface area contributed by atoms with E-state index in [0.717, 1.165) is 11.1 Å². The summed E-state index contributed by atoms with van der Waals surface area (Å²) in [4.78, 5) is 12.5. The molecule has 0 saturated carbocycles. The van der Waals surface area contributed by atoms with Gasteiger partial charge in [0, 0.05) is 22.0 Å². The summed E-state index contributed by atoms with van der Waals surface area (Å²) in [6.07, 6.45) is 0.455. The third kappa shape index (κ3) is 6.79. The van der Waals surface area contributed by atoms with Gasteiger partial charge < -0.3 is 5.11 Å². The van der Waals surface area contributed by atoms with Gasteiger partial charge >= 0.3 is 0 Å². The fourth-order valence-electron chi connectivity index (χ4n) is 2.25. The Labute approximate surface area is 150 Å². The van der Waals surface area contributed by atoms with E-state index in [1.165, 1.54) is 0 Å². The molecule has 0 bridgehead atoms. The summed E-state index contributed by atoms with van der Waals surface area (Å²) < 4.78 is 0.0551. The van der Waals surface area contributed by atoms with Gasteiger partial charge in [0.25, 0.3) is 0 Å². The van der Waals surface area contributed by atoms with E-state index in [1.54, 1.807) is 23.9 Å². The van der Waals surface area contributed by atoms with Crippen molar-refractivity contribution in [2.45, 2.75) is 51.0 Å². The minimum Gasteiger partial charge on any atom is -0.508 e. The number of benzene rings is 2. The molecule has 2 aromatic rings. The van der Waals surface area contributed by atoms with Gasteiger partial charge in [0.05, 0.1) is 0 Å². The summed E-state index contributed by atoms with van der Waals surface area (Å²) in [7, 11) is 0. The molecule has 1 atom stereocenters.